The summed E-state index contributed by atoms with van der Waals surface area (Å²) >= 11 is 0. The zero-order chi connectivity index (χ0) is 12.8. The number of nitrogens with zero attached hydrogens (tertiary/aromatic N) is 1. The molecule has 0 spiro atoms. The number of aromatic amines is 1. The molecule has 5 nitrogen and oxygen atoms in total. The Balaban J connectivity index is 0.00000180. The van der Waals surface area contributed by atoms with E-state index in [4.69, 9.17) is 5.73 Å². The third-order valence-electron chi connectivity index (χ3n) is 2.71. The van der Waals surface area contributed by atoms with Gasteiger partial charge < -0.3 is 11.1 Å². The number of nitrogens with two attached hydrogens (primary N) is 1. The molecule has 0 radical (unpaired) electrons. The maximum absolute atomic E-state index is 11.8. The fourth-order valence-electron chi connectivity index (χ4n) is 1.63. The Hall–Kier alpha value is -1.85. The molecule has 0 fully saturated rings. The summed E-state index contributed by atoms with van der Waals surface area (Å²) in [5, 5.41) is 9.45. The Morgan fingerprint density at radius 3 is 2.58 bits per heavy atom. The van der Waals surface area contributed by atoms with Crippen LogP contribution in [0.2, 0.25) is 0 Å². The monoisotopic (exact) mass is 280 g/mol. The number of amides is 1. The summed E-state index contributed by atoms with van der Waals surface area (Å²) in [6.07, 6.45) is 4.34. The molecule has 0 saturated carbocycles. The standard InChI is InChI=1S/C13H16N4O.ClH/c14-7-10-1-3-12(4-2-10)13(18)15-6-5-11-8-16-17-9-11;/h1-4,8-9H,5-7,14H2,(H,15,18)(H,16,17);1H. The molecule has 1 aromatic carbocycles. The van der Waals surface area contributed by atoms with Crippen LogP contribution >= 0.6 is 12.4 Å². The van der Waals surface area contributed by atoms with Crippen LogP contribution in [-0.4, -0.2) is 22.6 Å². The largest absolute Gasteiger partial charge is 0.352 e. The molecule has 0 atom stereocenters. The minimum Gasteiger partial charge on any atom is -0.352 e. The van der Waals surface area contributed by atoms with E-state index < -0.39 is 0 Å². The highest BCUT2D eigenvalue weighted by Gasteiger charge is 2.04. The minimum atomic E-state index is -0.0675. The Bertz CT molecular complexity index is 496. The van der Waals surface area contributed by atoms with Gasteiger partial charge >= 0.3 is 0 Å². The van der Waals surface area contributed by atoms with E-state index in [1.807, 2.05) is 18.3 Å². The molecule has 19 heavy (non-hydrogen) atoms. The summed E-state index contributed by atoms with van der Waals surface area (Å²) in [4.78, 5) is 11.8. The molecule has 0 aliphatic heterocycles. The summed E-state index contributed by atoms with van der Waals surface area (Å²) in [5.41, 5.74) is 8.25. The number of aromatic nitrogens is 2. The van der Waals surface area contributed by atoms with Gasteiger partial charge in [0.2, 0.25) is 0 Å². The van der Waals surface area contributed by atoms with Gasteiger partial charge in [0.15, 0.2) is 0 Å². The summed E-state index contributed by atoms with van der Waals surface area (Å²) in [7, 11) is 0. The van der Waals surface area contributed by atoms with Crippen molar-refractivity contribution in [3.8, 4) is 0 Å². The number of hydrogen-bond donors (Lipinski definition) is 3. The van der Waals surface area contributed by atoms with E-state index >= 15 is 0 Å². The van der Waals surface area contributed by atoms with Gasteiger partial charge in [-0.05, 0) is 29.7 Å². The molecule has 0 bridgehead atoms. The predicted octanol–water partition coefficient (Wildman–Crippen LogP) is 1.26. The molecule has 0 saturated heterocycles. The molecule has 102 valence electrons. The van der Waals surface area contributed by atoms with E-state index in [9.17, 15) is 4.79 Å². The van der Waals surface area contributed by atoms with Crippen molar-refractivity contribution in [1.29, 1.82) is 0 Å². The molecule has 1 amide bonds. The van der Waals surface area contributed by atoms with Crippen molar-refractivity contribution in [2.45, 2.75) is 13.0 Å². The first-order valence-electron chi connectivity index (χ1n) is 5.84. The highest BCUT2D eigenvalue weighted by Crippen LogP contribution is 2.03. The molecule has 0 unspecified atom stereocenters. The molecule has 1 aromatic heterocycles. The maximum atomic E-state index is 11.8. The number of carbonyl (C=O) groups excluding carboxylic acids is 1. The first-order valence-corrected chi connectivity index (χ1v) is 5.84. The number of hydrogen-bond acceptors (Lipinski definition) is 3. The topological polar surface area (TPSA) is 83.8 Å². The SMILES string of the molecule is Cl.NCc1ccc(C(=O)NCCc2cn[nH]c2)cc1. The van der Waals surface area contributed by atoms with E-state index in [1.54, 1.807) is 18.3 Å². The third-order valence-corrected chi connectivity index (χ3v) is 2.71. The van der Waals surface area contributed by atoms with Crippen molar-refractivity contribution in [2.24, 2.45) is 5.73 Å². The number of nitrogens with one attached hydrogen (secondary N) is 2. The Kier molecular flexibility index (Phi) is 6.05. The van der Waals surface area contributed by atoms with Crippen molar-refractivity contribution < 1.29 is 4.79 Å². The van der Waals surface area contributed by atoms with Crippen LogP contribution in [0, 0.1) is 0 Å². The summed E-state index contributed by atoms with van der Waals surface area (Å²) < 4.78 is 0. The Morgan fingerprint density at radius 1 is 1.26 bits per heavy atom. The van der Waals surface area contributed by atoms with E-state index in [0.29, 0.717) is 18.7 Å². The molecule has 2 aromatic rings. The number of halogens is 1. The van der Waals surface area contributed by atoms with Gasteiger partial charge in [-0.2, -0.15) is 5.10 Å². The zero-order valence-electron chi connectivity index (χ0n) is 10.4. The second kappa shape index (κ2) is 7.56. The molecule has 4 N–H and O–H groups in total. The van der Waals surface area contributed by atoms with E-state index in [-0.39, 0.29) is 18.3 Å². The predicted molar refractivity (Wildman–Crippen MR) is 76.2 cm³/mol. The molecular formula is C13H17ClN4O. The van der Waals surface area contributed by atoms with Gasteiger partial charge in [0, 0.05) is 24.8 Å². The van der Waals surface area contributed by atoms with E-state index in [1.165, 1.54) is 0 Å². The van der Waals surface area contributed by atoms with Crippen LogP contribution in [0.1, 0.15) is 21.5 Å². The lowest BCUT2D eigenvalue weighted by molar-refractivity contribution is 0.0954. The van der Waals surface area contributed by atoms with Crippen molar-refractivity contribution >= 4 is 18.3 Å². The maximum Gasteiger partial charge on any atom is 0.251 e. The van der Waals surface area contributed by atoms with Crippen molar-refractivity contribution in [2.75, 3.05) is 6.54 Å². The Labute approximate surface area is 118 Å². The second-order valence-electron chi connectivity index (χ2n) is 4.01. The van der Waals surface area contributed by atoms with Gasteiger partial charge in [-0.1, -0.05) is 12.1 Å². The van der Waals surface area contributed by atoms with Gasteiger partial charge in [0.25, 0.3) is 5.91 Å². The fraction of sp³-hybridized carbons (Fsp3) is 0.231. The van der Waals surface area contributed by atoms with Gasteiger partial charge in [0.1, 0.15) is 0 Å². The van der Waals surface area contributed by atoms with Crippen LogP contribution in [0.25, 0.3) is 0 Å². The molecule has 2 rings (SSSR count). The number of rotatable bonds is 5. The first kappa shape index (κ1) is 15.2. The number of H-pyrrole nitrogens is 1. The van der Waals surface area contributed by atoms with Crippen LogP contribution < -0.4 is 11.1 Å². The summed E-state index contributed by atoms with van der Waals surface area (Å²) in [6.45, 7) is 1.08. The fourth-order valence-corrected chi connectivity index (χ4v) is 1.63. The smallest absolute Gasteiger partial charge is 0.251 e. The lowest BCUT2D eigenvalue weighted by Crippen LogP contribution is -2.25. The van der Waals surface area contributed by atoms with Gasteiger partial charge in [-0.15, -0.1) is 12.4 Å². The minimum absolute atomic E-state index is 0. The van der Waals surface area contributed by atoms with Crippen LogP contribution in [0.15, 0.2) is 36.7 Å². The van der Waals surface area contributed by atoms with Crippen LogP contribution in [-0.2, 0) is 13.0 Å². The third kappa shape index (κ3) is 4.39. The van der Waals surface area contributed by atoms with Crippen molar-refractivity contribution in [3.63, 3.8) is 0 Å². The van der Waals surface area contributed by atoms with Crippen molar-refractivity contribution in [3.05, 3.63) is 53.3 Å². The zero-order valence-corrected chi connectivity index (χ0v) is 11.2. The summed E-state index contributed by atoms with van der Waals surface area (Å²) in [6, 6.07) is 7.31. The molecule has 0 aliphatic rings. The quantitative estimate of drug-likeness (QED) is 0.771. The molecule has 6 heteroatoms. The van der Waals surface area contributed by atoms with Crippen molar-refractivity contribution in [1.82, 2.24) is 15.5 Å². The molecule has 0 aliphatic carbocycles. The molecular weight excluding hydrogens is 264 g/mol. The van der Waals surface area contributed by atoms with E-state index in [0.717, 1.165) is 17.5 Å². The highest BCUT2D eigenvalue weighted by molar-refractivity contribution is 5.94. The lowest BCUT2D eigenvalue weighted by atomic mass is 10.1. The van der Waals surface area contributed by atoms with Gasteiger partial charge in [-0.25, -0.2) is 0 Å². The van der Waals surface area contributed by atoms with Gasteiger partial charge in [-0.3, -0.25) is 9.89 Å². The normalized spacial score (nSPS) is 9.74. The Morgan fingerprint density at radius 2 is 2.00 bits per heavy atom. The van der Waals surface area contributed by atoms with Crippen LogP contribution in [0.5, 0.6) is 0 Å². The first-order chi connectivity index (χ1) is 8.79. The summed E-state index contributed by atoms with van der Waals surface area (Å²) in [5.74, 6) is -0.0675. The average molecular weight is 281 g/mol. The number of carbonyl (C=O) groups is 1. The van der Waals surface area contributed by atoms with Gasteiger partial charge in [0.05, 0.1) is 6.20 Å². The highest BCUT2D eigenvalue weighted by atomic mass is 35.5. The van der Waals surface area contributed by atoms with Crippen LogP contribution in [0.4, 0.5) is 0 Å². The average Bonchev–Trinajstić information content (AvgIpc) is 2.92. The molecule has 1 heterocycles. The van der Waals surface area contributed by atoms with E-state index in [2.05, 4.69) is 15.5 Å². The van der Waals surface area contributed by atoms with Crippen LogP contribution in [0.3, 0.4) is 0 Å². The second-order valence-corrected chi connectivity index (χ2v) is 4.01. The number of benzene rings is 1. The lowest BCUT2D eigenvalue weighted by Gasteiger charge is -2.05.